The van der Waals surface area contributed by atoms with Crippen LogP contribution in [0.3, 0.4) is 0 Å². The van der Waals surface area contributed by atoms with Crippen LogP contribution in [0.5, 0.6) is 0 Å². The van der Waals surface area contributed by atoms with Crippen LogP contribution in [0.15, 0.2) is 21.9 Å². The van der Waals surface area contributed by atoms with Gasteiger partial charge in [0.2, 0.25) is 0 Å². The van der Waals surface area contributed by atoms with E-state index in [1.807, 2.05) is 6.92 Å². The lowest BCUT2D eigenvalue weighted by molar-refractivity contribution is -0.149. The fraction of sp³-hybridized carbons (Fsp3) is 0.737. The average molecular weight is 510 g/mol. The van der Waals surface area contributed by atoms with E-state index in [-0.39, 0.29) is 6.10 Å². The monoisotopic (exact) mass is 509 g/mol. The summed E-state index contributed by atoms with van der Waals surface area (Å²) in [5, 5.41) is 24.1. The number of hydrogen-bond acceptors (Lipinski definition) is 10. The highest BCUT2D eigenvalue weighted by molar-refractivity contribution is 8.56. The number of ether oxygens (including phenoxy) is 2. The third-order valence-electron chi connectivity index (χ3n) is 4.79. The van der Waals surface area contributed by atoms with Gasteiger partial charge in [-0.15, -0.1) is 0 Å². The molecule has 1 aliphatic rings. The number of hydrogen-bond donors (Lipinski definition) is 4. The Balaban J connectivity index is 2.16. The summed E-state index contributed by atoms with van der Waals surface area (Å²) in [6.45, 7) is 4.01. The minimum Gasteiger partial charge on any atom is -0.462 e. The van der Waals surface area contributed by atoms with Gasteiger partial charge in [-0.1, -0.05) is 18.3 Å². The third kappa shape index (κ3) is 7.01. The Labute approximate surface area is 195 Å². The topological polar surface area (TPSA) is 169 Å². The predicted octanol–water partition coefficient (Wildman–Crippen LogP) is 0.744. The molecule has 2 heterocycles. The van der Waals surface area contributed by atoms with Gasteiger partial charge in [0.25, 0.3) is 5.56 Å². The van der Waals surface area contributed by atoms with Crippen molar-refractivity contribution in [3.05, 3.63) is 33.1 Å². The molecule has 12 nitrogen and oxygen atoms in total. The number of nitrogens with zero attached hydrogens (tertiary/aromatic N) is 1. The number of nitrogens with one attached hydrogen (secondary N) is 2. The Hall–Kier alpha value is -1.47. The number of carbonyl (C=O) groups is 1. The first kappa shape index (κ1) is 27.8. The van der Waals surface area contributed by atoms with E-state index < -0.39 is 60.6 Å². The smallest absolute Gasteiger partial charge is 0.330 e. The summed E-state index contributed by atoms with van der Waals surface area (Å²) in [5.74, 6) is -0.124. The van der Waals surface area contributed by atoms with E-state index in [1.54, 1.807) is 13.8 Å². The molecule has 0 aromatic carbocycles. The Morgan fingerprint density at radius 3 is 2.67 bits per heavy atom. The summed E-state index contributed by atoms with van der Waals surface area (Å²) < 4.78 is 30.7. The Morgan fingerprint density at radius 1 is 1.42 bits per heavy atom. The molecule has 4 N–H and O–H groups in total. The van der Waals surface area contributed by atoms with Gasteiger partial charge in [0.1, 0.15) is 23.9 Å². The lowest BCUT2D eigenvalue weighted by atomic mass is 9.96. The molecule has 2 rings (SSSR count). The van der Waals surface area contributed by atoms with Gasteiger partial charge in [-0.25, -0.2) is 9.88 Å². The van der Waals surface area contributed by atoms with Crippen LogP contribution in [0.25, 0.3) is 0 Å². The average Bonchev–Trinajstić information content (AvgIpc) is 2.94. The van der Waals surface area contributed by atoms with Crippen LogP contribution >= 0.6 is 18.1 Å². The summed E-state index contributed by atoms with van der Waals surface area (Å²) in [4.78, 5) is 37.6. The summed E-state index contributed by atoms with van der Waals surface area (Å²) in [5.41, 5.74) is -3.37. The van der Waals surface area contributed by atoms with Gasteiger partial charge in [0, 0.05) is 18.0 Å². The Bertz CT molecular complexity index is 980. The molecule has 0 aliphatic carbocycles. The Kier molecular flexibility index (Phi) is 9.51. The van der Waals surface area contributed by atoms with E-state index in [2.05, 4.69) is 10.1 Å². The maximum absolute atomic E-state index is 13.4. The summed E-state index contributed by atoms with van der Waals surface area (Å²) in [6, 6.07) is 0.154. The highest BCUT2D eigenvalue weighted by atomic mass is 32.7. The third-order valence-corrected chi connectivity index (χ3v) is 9.11. The fourth-order valence-electron chi connectivity index (χ4n) is 3.11. The number of H-pyrrole nitrogens is 1. The van der Waals surface area contributed by atoms with Crippen molar-refractivity contribution in [3.63, 3.8) is 0 Å². The van der Waals surface area contributed by atoms with E-state index >= 15 is 0 Å². The molecule has 6 atom stereocenters. The molecule has 0 spiro atoms. The van der Waals surface area contributed by atoms with E-state index in [9.17, 15) is 29.2 Å². The van der Waals surface area contributed by atoms with Crippen LogP contribution in [0.1, 0.15) is 47.3 Å². The maximum atomic E-state index is 13.4. The second kappa shape index (κ2) is 11.3. The summed E-state index contributed by atoms with van der Waals surface area (Å²) in [6.07, 6.45) is -2.50. The van der Waals surface area contributed by atoms with Gasteiger partial charge in [0.05, 0.1) is 12.7 Å². The molecular formula is C19H32N3O9PS. The van der Waals surface area contributed by atoms with Crippen molar-refractivity contribution >= 4 is 24.1 Å². The van der Waals surface area contributed by atoms with Gasteiger partial charge < -0.3 is 24.2 Å². The summed E-state index contributed by atoms with van der Waals surface area (Å²) in [7, 11) is 0. The molecular weight excluding hydrogens is 477 g/mol. The lowest BCUT2D eigenvalue weighted by Crippen LogP contribution is -2.46. The highest BCUT2D eigenvalue weighted by Gasteiger charge is 2.54. The quantitative estimate of drug-likeness (QED) is 0.245. The van der Waals surface area contributed by atoms with Crippen LogP contribution in [-0.2, 0) is 23.4 Å². The zero-order chi connectivity index (χ0) is 25.0. The van der Waals surface area contributed by atoms with E-state index in [1.165, 1.54) is 13.8 Å². The Morgan fingerprint density at radius 2 is 2.09 bits per heavy atom. The number of aromatic nitrogens is 2. The van der Waals surface area contributed by atoms with E-state index in [4.69, 9.17) is 14.0 Å². The van der Waals surface area contributed by atoms with Crippen molar-refractivity contribution in [2.24, 2.45) is 0 Å². The molecule has 33 heavy (non-hydrogen) atoms. The summed E-state index contributed by atoms with van der Waals surface area (Å²) >= 11 is 0.994. The van der Waals surface area contributed by atoms with Crippen LogP contribution in [0, 0.1) is 0 Å². The van der Waals surface area contributed by atoms with Crippen LogP contribution in [0.2, 0.25) is 0 Å². The maximum Gasteiger partial charge on any atom is 0.330 e. The van der Waals surface area contributed by atoms with Crippen molar-refractivity contribution in [2.45, 2.75) is 77.2 Å². The van der Waals surface area contributed by atoms with Crippen molar-refractivity contribution in [1.29, 1.82) is 0 Å². The second-order valence-electron chi connectivity index (χ2n) is 8.18. The van der Waals surface area contributed by atoms with Crippen molar-refractivity contribution in [3.8, 4) is 0 Å². The standard InChI is InChI=1S/C19H32N3O9PS/c1-6-9-33-32(28,21-12(4)16(25)30-11(2)3)29-10-13-15(24)19(5,27)17(31-13)22-8-7-14(23)20-18(22)26/h7-8,11-13,15,17,24,27H,6,9-10H2,1-5H3,(H,21,28)(H,20,23,26). The second-order valence-corrected chi connectivity index (χ2v) is 12.6. The zero-order valence-electron chi connectivity index (χ0n) is 19.2. The van der Waals surface area contributed by atoms with Crippen molar-refractivity contribution < 1.29 is 33.6 Å². The predicted molar refractivity (Wildman–Crippen MR) is 122 cm³/mol. The molecule has 1 fully saturated rings. The SMILES string of the molecule is CCCSP(=O)(NC(C)C(=O)OC(C)C)OCC1OC(n2ccc(=O)[nH]c2=O)C(C)(O)C1O. The van der Waals surface area contributed by atoms with Crippen LogP contribution < -0.4 is 16.3 Å². The molecule has 14 heteroatoms. The molecule has 6 unspecified atom stereocenters. The van der Waals surface area contributed by atoms with Crippen LogP contribution in [0.4, 0.5) is 0 Å². The lowest BCUT2D eigenvalue weighted by Gasteiger charge is -2.27. The number of carbonyl (C=O) groups excluding carboxylic acids is 1. The van der Waals surface area contributed by atoms with E-state index in [0.29, 0.717) is 12.2 Å². The first-order valence-electron chi connectivity index (χ1n) is 10.6. The van der Waals surface area contributed by atoms with Gasteiger partial charge in [0.15, 0.2) is 6.23 Å². The van der Waals surface area contributed by atoms with Gasteiger partial charge in [-0.05, 0) is 34.1 Å². The minimum absolute atomic E-state index is 0.345. The molecule has 1 aromatic heterocycles. The number of aromatic amines is 1. The molecule has 0 saturated carbocycles. The largest absolute Gasteiger partial charge is 0.462 e. The molecule has 0 radical (unpaired) electrons. The number of rotatable bonds is 11. The normalized spacial score (nSPS) is 27.9. The number of aliphatic hydroxyl groups is 2. The molecule has 188 valence electrons. The molecule has 1 saturated heterocycles. The first-order valence-corrected chi connectivity index (χ1v) is 13.8. The minimum atomic E-state index is -3.64. The van der Waals surface area contributed by atoms with Crippen LogP contribution in [-0.4, -0.2) is 68.0 Å². The van der Waals surface area contributed by atoms with Gasteiger partial charge in [-0.2, -0.15) is 0 Å². The molecule has 0 bridgehead atoms. The molecule has 0 amide bonds. The van der Waals surface area contributed by atoms with E-state index in [0.717, 1.165) is 28.2 Å². The van der Waals surface area contributed by atoms with Crippen molar-refractivity contribution in [2.75, 3.05) is 12.4 Å². The van der Waals surface area contributed by atoms with Crippen molar-refractivity contribution in [1.82, 2.24) is 14.6 Å². The highest BCUT2D eigenvalue weighted by Crippen LogP contribution is 2.57. The number of esters is 1. The van der Waals surface area contributed by atoms with Gasteiger partial charge in [-0.3, -0.25) is 23.7 Å². The first-order chi connectivity index (χ1) is 15.3. The number of aliphatic hydroxyl groups excluding tert-OH is 1. The van der Waals surface area contributed by atoms with Gasteiger partial charge >= 0.3 is 18.4 Å². The zero-order valence-corrected chi connectivity index (χ0v) is 20.9. The molecule has 1 aromatic rings. The fourth-order valence-corrected chi connectivity index (χ4v) is 7.05. The molecule has 1 aliphatic heterocycles.